The Morgan fingerprint density at radius 2 is 1.82 bits per heavy atom. The molecule has 2 amide bonds. The minimum Gasteiger partial charge on any atom is -0.267 e. The molecule has 2 N–H and O–H groups in total. The van der Waals surface area contributed by atoms with Crippen molar-refractivity contribution in [2.75, 3.05) is 0 Å². The SMILES string of the molecule is O=C(NNC(=O)c1sc2ccccc2c1Cl)c1cccnc1. The number of nitrogens with zero attached hydrogens (tertiary/aromatic N) is 1. The van der Waals surface area contributed by atoms with Gasteiger partial charge in [0.05, 0.1) is 10.6 Å². The Kier molecular flexibility index (Phi) is 4.04. The second-order valence-electron chi connectivity index (χ2n) is 4.39. The van der Waals surface area contributed by atoms with Crippen LogP contribution in [0.3, 0.4) is 0 Å². The number of rotatable bonds is 2. The molecule has 0 aliphatic carbocycles. The number of carbonyl (C=O) groups is 2. The number of hydrazine groups is 1. The van der Waals surface area contributed by atoms with Crippen LogP contribution in [0.15, 0.2) is 48.8 Å². The van der Waals surface area contributed by atoms with Gasteiger partial charge in [0.15, 0.2) is 0 Å². The first-order chi connectivity index (χ1) is 10.7. The second kappa shape index (κ2) is 6.13. The van der Waals surface area contributed by atoms with Gasteiger partial charge in [0.25, 0.3) is 11.8 Å². The molecule has 0 unspecified atom stereocenters. The molecule has 1 aromatic carbocycles. The van der Waals surface area contributed by atoms with E-state index in [0.29, 0.717) is 15.5 Å². The summed E-state index contributed by atoms with van der Waals surface area (Å²) in [6.45, 7) is 0. The van der Waals surface area contributed by atoms with Gasteiger partial charge in [0, 0.05) is 22.5 Å². The van der Waals surface area contributed by atoms with E-state index in [9.17, 15) is 9.59 Å². The fraction of sp³-hybridized carbons (Fsp3) is 0. The first kappa shape index (κ1) is 14.5. The summed E-state index contributed by atoms with van der Waals surface area (Å²) >= 11 is 7.48. The molecule has 2 heterocycles. The van der Waals surface area contributed by atoms with Crippen molar-refractivity contribution in [1.29, 1.82) is 0 Å². The Labute approximate surface area is 134 Å². The smallest absolute Gasteiger partial charge is 0.267 e. The molecule has 3 aromatic rings. The Morgan fingerprint density at radius 1 is 1.05 bits per heavy atom. The van der Waals surface area contributed by atoms with Crippen LogP contribution in [0.1, 0.15) is 20.0 Å². The summed E-state index contributed by atoms with van der Waals surface area (Å²) in [5.74, 6) is -0.901. The van der Waals surface area contributed by atoms with Crippen LogP contribution in [-0.4, -0.2) is 16.8 Å². The molecule has 3 rings (SSSR count). The van der Waals surface area contributed by atoms with Gasteiger partial charge in [-0.1, -0.05) is 29.8 Å². The predicted octanol–water partition coefficient (Wildman–Crippen LogP) is 3.02. The number of hydrogen-bond donors (Lipinski definition) is 2. The summed E-state index contributed by atoms with van der Waals surface area (Å²) in [6.07, 6.45) is 2.97. The van der Waals surface area contributed by atoms with Gasteiger partial charge < -0.3 is 0 Å². The van der Waals surface area contributed by atoms with Gasteiger partial charge in [-0.3, -0.25) is 25.4 Å². The maximum absolute atomic E-state index is 12.2. The molecule has 0 saturated heterocycles. The molecule has 0 atom stereocenters. The number of carbonyl (C=O) groups excluding carboxylic acids is 2. The largest absolute Gasteiger partial charge is 0.281 e. The molecule has 0 saturated carbocycles. The highest BCUT2D eigenvalue weighted by Crippen LogP contribution is 2.34. The molecule has 0 aliphatic heterocycles. The molecule has 110 valence electrons. The van der Waals surface area contributed by atoms with Crippen LogP contribution in [0.4, 0.5) is 0 Å². The summed E-state index contributed by atoms with van der Waals surface area (Å²) in [4.78, 5) is 28.2. The predicted molar refractivity (Wildman–Crippen MR) is 86.0 cm³/mol. The number of amides is 2. The van der Waals surface area contributed by atoms with Crippen molar-refractivity contribution < 1.29 is 9.59 Å². The average Bonchev–Trinajstić information content (AvgIpc) is 2.90. The fourth-order valence-electron chi connectivity index (χ4n) is 1.90. The lowest BCUT2D eigenvalue weighted by molar-refractivity contribution is 0.0849. The molecular formula is C15H10ClN3O2S. The summed E-state index contributed by atoms with van der Waals surface area (Å²) in [5.41, 5.74) is 5.05. The highest BCUT2D eigenvalue weighted by atomic mass is 35.5. The van der Waals surface area contributed by atoms with Crippen LogP contribution in [0.25, 0.3) is 10.1 Å². The van der Waals surface area contributed by atoms with Crippen LogP contribution in [-0.2, 0) is 0 Å². The summed E-state index contributed by atoms with van der Waals surface area (Å²) in [6, 6.07) is 10.7. The van der Waals surface area contributed by atoms with Gasteiger partial charge >= 0.3 is 0 Å². The molecule has 0 aliphatic rings. The monoisotopic (exact) mass is 331 g/mol. The zero-order valence-corrected chi connectivity index (χ0v) is 12.7. The fourth-order valence-corrected chi connectivity index (χ4v) is 3.31. The van der Waals surface area contributed by atoms with E-state index in [1.807, 2.05) is 24.3 Å². The van der Waals surface area contributed by atoms with Crippen molar-refractivity contribution in [2.24, 2.45) is 0 Å². The second-order valence-corrected chi connectivity index (χ2v) is 5.82. The minimum absolute atomic E-state index is 0.352. The molecule has 0 fully saturated rings. The maximum Gasteiger partial charge on any atom is 0.281 e. The van der Waals surface area contributed by atoms with E-state index in [0.717, 1.165) is 10.1 Å². The lowest BCUT2D eigenvalue weighted by Crippen LogP contribution is -2.41. The number of pyridine rings is 1. The number of thiophene rings is 1. The Hall–Kier alpha value is -2.44. The number of benzene rings is 1. The molecule has 0 radical (unpaired) electrons. The molecule has 0 spiro atoms. The Balaban J connectivity index is 1.74. The van der Waals surface area contributed by atoms with Gasteiger partial charge in [-0.05, 0) is 18.2 Å². The molecular weight excluding hydrogens is 322 g/mol. The highest BCUT2D eigenvalue weighted by Gasteiger charge is 2.17. The molecule has 5 nitrogen and oxygen atoms in total. The normalized spacial score (nSPS) is 10.4. The summed E-state index contributed by atoms with van der Waals surface area (Å²) in [5, 5.41) is 1.20. The zero-order chi connectivity index (χ0) is 15.5. The lowest BCUT2D eigenvalue weighted by Gasteiger charge is -2.06. The molecule has 7 heteroatoms. The third kappa shape index (κ3) is 2.79. The van der Waals surface area contributed by atoms with Gasteiger partial charge in [0.2, 0.25) is 0 Å². The van der Waals surface area contributed by atoms with Gasteiger partial charge in [-0.2, -0.15) is 0 Å². The topological polar surface area (TPSA) is 71.1 Å². The van der Waals surface area contributed by atoms with Gasteiger partial charge in [0.1, 0.15) is 4.88 Å². The van der Waals surface area contributed by atoms with Gasteiger partial charge in [-0.25, -0.2) is 0 Å². The van der Waals surface area contributed by atoms with E-state index >= 15 is 0 Å². The van der Waals surface area contributed by atoms with Crippen LogP contribution in [0, 0.1) is 0 Å². The van der Waals surface area contributed by atoms with E-state index in [2.05, 4.69) is 15.8 Å². The summed E-state index contributed by atoms with van der Waals surface area (Å²) in [7, 11) is 0. The summed E-state index contributed by atoms with van der Waals surface area (Å²) < 4.78 is 0.913. The van der Waals surface area contributed by atoms with Crippen molar-refractivity contribution in [2.45, 2.75) is 0 Å². The first-order valence-electron chi connectivity index (χ1n) is 6.34. The number of hydrogen-bond acceptors (Lipinski definition) is 4. The Bertz CT molecular complexity index is 848. The zero-order valence-electron chi connectivity index (χ0n) is 11.2. The molecule has 2 aromatic heterocycles. The van der Waals surface area contributed by atoms with E-state index in [1.165, 1.54) is 17.5 Å². The number of fused-ring (bicyclic) bond motifs is 1. The van der Waals surface area contributed by atoms with Crippen molar-refractivity contribution in [3.63, 3.8) is 0 Å². The van der Waals surface area contributed by atoms with Crippen molar-refractivity contribution >= 4 is 44.8 Å². The molecule has 22 heavy (non-hydrogen) atoms. The first-order valence-corrected chi connectivity index (χ1v) is 7.54. The van der Waals surface area contributed by atoms with Gasteiger partial charge in [-0.15, -0.1) is 11.3 Å². The lowest BCUT2D eigenvalue weighted by atomic mass is 10.2. The number of nitrogens with one attached hydrogen (secondary N) is 2. The van der Waals surface area contributed by atoms with E-state index in [4.69, 9.17) is 11.6 Å². The maximum atomic E-state index is 12.2. The quantitative estimate of drug-likeness (QED) is 0.709. The Morgan fingerprint density at radius 3 is 2.55 bits per heavy atom. The van der Waals surface area contributed by atoms with Crippen LogP contribution >= 0.6 is 22.9 Å². The molecule has 0 bridgehead atoms. The standard InChI is InChI=1S/C15H10ClN3O2S/c16-12-10-5-1-2-6-11(10)22-13(12)15(21)19-18-14(20)9-4-3-7-17-8-9/h1-8H,(H,18,20)(H,19,21). The van der Waals surface area contributed by atoms with E-state index < -0.39 is 11.8 Å². The van der Waals surface area contributed by atoms with Crippen molar-refractivity contribution in [3.05, 3.63) is 64.3 Å². The third-order valence-corrected chi connectivity index (χ3v) is 4.63. The van der Waals surface area contributed by atoms with Crippen molar-refractivity contribution in [3.8, 4) is 0 Å². The third-order valence-electron chi connectivity index (χ3n) is 2.95. The van der Waals surface area contributed by atoms with Crippen molar-refractivity contribution in [1.82, 2.24) is 15.8 Å². The highest BCUT2D eigenvalue weighted by molar-refractivity contribution is 7.21. The van der Waals surface area contributed by atoms with Crippen LogP contribution in [0.5, 0.6) is 0 Å². The van der Waals surface area contributed by atoms with E-state index in [1.54, 1.807) is 18.3 Å². The minimum atomic E-state index is -0.455. The average molecular weight is 332 g/mol. The van der Waals surface area contributed by atoms with Crippen LogP contribution < -0.4 is 10.9 Å². The number of aromatic nitrogens is 1. The van der Waals surface area contributed by atoms with Crippen LogP contribution in [0.2, 0.25) is 5.02 Å². The number of halogens is 1. The van der Waals surface area contributed by atoms with E-state index in [-0.39, 0.29) is 0 Å².